The van der Waals surface area contributed by atoms with Crippen LogP contribution in [0.25, 0.3) is 0 Å². The Kier molecular flexibility index (Phi) is 9.46. The van der Waals surface area contributed by atoms with Gasteiger partial charge in [-0.15, -0.1) is 0 Å². The topological polar surface area (TPSA) is 87.7 Å². The van der Waals surface area contributed by atoms with Gasteiger partial charge in [0.15, 0.2) is 0 Å². The Labute approximate surface area is 209 Å². The van der Waals surface area contributed by atoms with Crippen molar-refractivity contribution >= 4 is 23.6 Å². The first kappa shape index (κ1) is 27.9. The Morgan fingerprint density at radius 1 is 0.971 bits per heavy atom. The number of amides is 3. The minimum absolute atomic E-state index is 0.220. The van der Waals surface area contributed by atoms with Gasteiger partial charge < -0.3 is 20.3 Å². The number of carbonyl (C=O) groups excluding carboxylic acids is 3. The summed E-state index contributed by atoms with van der Waals surface area (Å²) >= 11 is 0. The van der Waals surface area contributed by atoms with E-state index in [1.54, 1.807) is 20.8 Å². The zero-order valence-corrected chi connectivity index (χ0v) is 22.1. The summed E-state index contributed by atoms with van der Waals surface area (Å²) in [4.78, 5) is 41.4. The quantitative estimate of drug-likeness (QED) is 0.530. The van der Waals surface area contributed by atoms with Gasteiger partial charge in [0.1, 0.15) is 17.7 Å². The molecule has 2 aromatic rings. The molecule has 2 aromatic carbocycles. The van der Waals surface area contributed by atoms with E-state index >= 15 is 0 Å². The van der Waals surface area contributed by atoms with Crippen LogP contribution >= 0.6 is 0 Å². The van der Waals surface area contributed by atoms with Gasteiger partial charge in [-0.2, -0.15) is 0 Å². The molecule has 0 aliphatic heterocycles. The van der Waals surface area contributed by atoms with E-state index in [0.29, 0.717) is 11.3 Å². The number of aryl methyl sites for hydroxylation is 2. The van der Waals surface area contributed by atoms with Crippen molar-refractivity contribution in [2.75, 3.05) is 11.9 Å². The molecule has 2 atom stereocenters. The molecule has 0 aliphatic rings. The first-order chi connectivity index (χ1) is 16.3. The van der Waals surface area contributed by atoms with Crippen LogP contribution in [0.1, 0.15) is 64.3 Å². The summed E-state index contributed by atoms with van der Waals surface area (Å²) in [6, 6.07) is 13.3. The molecule has 0 aromatic heterocycles. The van der Waals surface area contributed by atoms with Crippen LogP contribution in [0.4, 0.5) is 10.5 Å². The van der Waals surface area contributed by atoms with Crippen molar-refractivity contribution in [3.63, 3.8) is 0 Å². The monoisotopic (exact) mass is 481 g/mol. The first-order valence-corrected chi connectivity index (χ1v) is 12.1. The summed E-state index contributed by atoms with van der Waals surface area (Å²) < 4.78 is 5.38. The molecule has 0 bridgehead atoms. The second-order valence-electron chi connectivity index (χ2n) is 10.1. The van der Waals surface area contributed by atoms with E-state index in [2.05, 4.69) is 10.6 Å². The van der Waals surface area contributed by atoms with E-state index in [9.17, 15) is 14.4 Å². The molecule has 3 amide bonds. The van der Waals surface area contributed by atoms with Gasteiger partial charge in [0.05, 0.1) is 0 Å². The zero-order chi connectivity index (χ0) is 26.3. The molecule has 2 N–H and O–H groups in total. The molecule has 2 unspecified atom stereocenters. The fourth-order valence-electron chi connectivity index (χ4n) is 3.73. The minimum Gasteiger partial charge on any atom is -0.444 e. The molecule has 7 nitrogen and oxygen atoms in total. The number of likely N-dealkylation sites (N-methyl/N-ethyl adjacent to an activating group) is 1. The van der Waals surface area contributed by atoms with Crippen LogP contribution in [-0.2, 0) is 14.3 Å². The molecule has 2 rings (SSSR count). The molecule has 7 heteroatoms. The van der Waals surface area contributed by atoms with Gasteiger partial charge in [0.2, 0.25) is 5.91 Å². The Hall–Kier alpha value is -3.35. The van der Waals surface area contributed by atoms with Crippen molar-refractivity contribution in [1.82, 2.24) is 10.2 Å². The average molecular weight is 482 g/mol. The normalized spacial score (nSPS) is 13.1. The number of alkyl carbamates (subject to hydrolysis) is 1. The fourth-order valence-corrected chi connectivity index (χ4v) is 3.73. The Balaban J connectivity index is 2.43. The van der Waals surface area contributed by atoms with Crippen molar-refractivity contribution in [2.24, 2.45) is 5.92 Å². The lowest BCUT2D eigenvalue weighted by Crippen LogP contribution is -2.54. The molecule has 0 saturated carbocycles. The van der Waals surface area contributed by atoms with Crippen LogP contribution in [0, 0.1) is 19.8 Å². The number of ether oxygens (including phenoxy) is 1. The predicted molar refractivity (Wildman–Crippen MR) is 139 cm³/mol. The number of hydrogen-bond acceptors (Lipinski definition) is 4. The Morgan fingerprint density at radius 2 is 1.57 bits per heavy atom. The maximum Gasteiger partial charge on any atom is 0.408 e. The van der Waals surface area contributed by atoms with E-state index in [0.717, 1.165) is 11.1 Å². The number of nitrogens with one attached hydrogen (secondary N) is 2. The third-order valence-corrected chi connectivity index (χ3v) is 5.58. The largest absolute Gasteiger partial charge is 0.444 e. The lowest BCUT2D eigenvalue weighted by atomic mass is 9.98. The molecule has 0 spiro atoms. The molecule has 0 aliphatic carbocycles. The summed E-state index contributed by atoms with van der Waals surface area (Å²) in [6.07, 6.45) is -0.670. The molecule has 190 valence electrons. The first-order valence-electron chi connectivity index (χ1n) is 12.1. The highest BCUT2D eigenvalue weighted by atomic mass is 16.6. The number of benzene rings is 2. The van der Waals surface area contributed by atoms with Crippen molar-refractivity contribution < 1.29 is 19.1 Å². The standard InChI is InChI=1S/C28H39N3O4/c1-9-31(26(33)23(18(2)3)30-27(34)35-28(6,7)8)24(21-16-14-19(4)15-17-21)25(32)29-22-13-11-10-12-20(22)5/h10-18,23-24H,9H2,1-8H3,(H,29,32)(H,30,34). The molecule has 0 heterocycles. The van der Waals surface area contributed by atoms with Crippen molar-refractivity contribution in [1.29, 1.82) is 0 Å². The number of para-hydroxylation sites is 1. The summed E-state index contributed by atoms with van der Waals surface area (Å²) in [5.41, 5.74) is 2.65. The van der Waals surface area contributed by atoms with Crippen LogP contribution in [-0.4, -0.2) is 41.0 Å². The SMILES string of the molecule is CCN(C(=O)C(NC(=O)OC(C)(C)C)C(C)C)C(C(=O)Nc1ccccc1C)c1ccc(C)cc1. The highest BCUT2D eigenvalue weighted by Gasteiger charge is 2.36. The molecule has 0 fully saturated rings. The highest BCUT2D eigenvalue weighted by Crippen LogP contribution is 2.26. The van der Waals surface area contributed by atoms with Gasteiger partial charge in [-0.1, -0.05) is 61.9 Å². The fraction of sp³-hybridized carbons (Fsp3) is 0.464. The van der Waals surface area contributed by atoms with E-state index in [-0.39, 0.29) is 24.3 Å². The average Bonchev–Trinajstić information content (AvgIpc) is 2.76. The minimum atomic E-state index is -0.880. The smallest absolute Gasteiger partial charge is 0.408 e. The van der Waals surface area contributed by atoms with Crippen molar-refractivity contribution in [3.05, 3.63) is 65.2 Å². The van der Waals surface area contributed by atoms with Crippen LogP contribution < -0.4 is 10.6 Å². The van der Waals surface area contributed by atoms with E-state index in [4.69, 9.17) is 4.74 Å². The predicted octanol–water partition coefficient (Wildman–Crippen LogP) is 5.38. The van der Waals surface area contributed by atoms with E-state index < -0.39 is 23.8 Å². The van der Waals surface area contributed by atoms with Gasteiger partial charge in [-0.3, -0.25) is 9.59 Å². The van der Waals surface area contributed by atoms with Crippen molar-refractivity contribution in [2.45, 2.75) is 73.1 Å². The third-order valence-electron chi connectivity index (χ3n) is 5.58. The highest BCUT2D eigenvalue weighted by molar-refractivity contribution is 5.99. The van der Waals surface area contributed by atoms with Gasteiger partial charge in [-0.05, 0) is 64.7 Å². The summed E-state index contributed by atoms with van der Waals surface area (Å²) in [5.74, 6) is -0.890. The molecule has 0 radical (unpaired) electrons. The van der Waals surface area contributed by atoms with Gasteiger partial charge >= 0.3 is 6.09 Å². The number of anilines is 1. The van der Waals surface area contributed by atoms with Gasteiger partial charge in [0.25, 0.3) is 5.91 Å². The van der Waals surface area contributed by atoms with Crippen LogP contribution in [0.5, 0.6) is 0 Å². The number of nitrogens with zero attached hydrogens (tertiary/aromatic N) is 1. The van der Waals surface area contributed by atoms with Gasteiger partial charge in [-0.25, -0.2) is 4.79 Å². The Morgan fingerprint density at radius 3 is 2.09 bits per heavy atom. The zero-order valence-electron chi connectivity index (χ0n) is 22.1. The molecular formula is C28H39N3O4. The second-order valence-corrected chi connectivity index (χ2v) is 10.1. The van der Waals surface area contributed by atoms with Gasteiger partial charge in [0, 0.05) is 12.2 Å². The third kappa shape index (κ3) is 7.84. The van der Waals surface area contributed by atoms with Crippen molar-refractivity contribution in [3.8, 4) is 0 Å². The molecular weight excluding hydrogens is 442 g/mol. The summed E-state index contributed by atoms with van der Waals surface area (Å²) in [6.45, 7) is 15.0. The number of hydrogen-bond donors (Lipinski definition) is 2. The molecule has 0 saturated heterocycles. The van der Waals surface area contributed by atoms with E-state index in [1.165, 1.54) is 4.90 Å². The maximum atomic E-state index is 13.8. The lowest BCUT2D eigenvalue weighted by Gasteiger charge is -2.35. The number of rotatable bonds is 8. The number of carbonyl (C=O) groups is 3. The van der Waals surface area contributed by atoms with Crippen LogP contribution in [0.3, 0.4) is 0 Å². The lowest BCUT2D eigenvalue weighted by molar-refractivity contribution is -0.141. The van der Waals surface area contributed by atoms with Crippen LogP contribution in [0.15, 0.2) is 48.5 Å². The van der Waals surface area contributed by atoms with E-state index in [1.807, 2.05) is 83.1 Å². The van der Waals surface area contributed by atoms with Crippen LogP contribution in [0.2, 0.25) is 0 Å². The molecule has 35 heavy (non-hydrogen) atoms. The maximum absolute atomic E-state index is 13.8. The summed E-state index contributed by atoms with van der Waals surface area (Å²) in [5, 5.41) is 5.70. The summed E-state index contributed by atoms with van der Waals surface area (Å²) in [7, 11) is 0. The second kappa shape index (κ2) is 11.9. The Bertz CT molecular complexity index is 1030.